The van der Waals surface area contributed by atoms with Crippen LogP contribution in [0.2, 0.25) is 0 Å². The van der Waals surface area contributed by atoms with Crippen LogP contribution in [0.4, 0.5) is 13.2 Å². The molecule has 0 radical (unpaired) electrons. The van der Waals surface area contributed by atoms with Crippen molar-refractivity contribution in [2.75, 3.05) is 0 Å². The molecule has 0 N–H and O–H groups in total. The van der Waals surface area contributed by atoms with Crippen LogP contribution in [0.1, 0.15) is 17.0 Å². The smallest absolute Gasteiger partial charge is 0.437 e. The van der Waals surface area contributed by atoms with Crippen molar-refractivity contribution in [2.45, 2.75) is 20.0 Å². The zero-order chi connectivity index (χ0) is 19.3. The van der Waals surface area contributed by atoms with Crippen molar-refractivity contribution in [3.8, 4) is 11.6 Å². The first-order chi connectivity index (χ1) is 12.7. The Bertz CT molecular complexity index is 1240. The van der Waals surface area contributed by atoms with Crippen LogP contribution in [0.15, 0.2) is 39.5 Å². The molecule has 0 aliphatic rings. The van der Waals surface area contributed by atoms with Crippen molar-refractivity contribution < 1.29 is 22.3 Å². The van der Waals surface area contributed by atoms with Crippen LogP contribution in [-0.4, -0.2) is 19.8 Å². The van der Waals surface area contributed by atoms with Gasteiger partial charge in [0.15, 0.2) is 5.65 Å². The minimum Gasteiger partial charge on any atom is -0.437 e. The lowest BCUT2D eigenvalue weighted by molar-refractivity contribution is -0.146. The lowest BCUT2D eigenvalue weighted by Gasteiger charge is -2.12. The predicted octanol–water partition coefficient (Wildman–Crippen LogP) is 3.66. The van der Waals surface area contributed by atoms with E-state index >= 15 is 0 Å². The molecule has 0 aliphatic carbocycles. The lowest BCUT2D eigenvalue weighted by Crippen LogP contribution is -2.13. The van der Waals surface area contributed by atoms with Gasteiger partial charge in [-0.25, -0.2) is 4.79 Å². The van der Waals surface area contributed by atoms with E-state index in [9.17, 15) is 18.0 Å². The summed E-state index contributed by atoms with van der Waals surface area (Å²) in [6, 6.07) is 7.61. The van der Waals surface area contributed by atoms with E-state index in [-0.39, 0.29) is 22.9 Å². The zero-order valence-corrected chi connectivity index (χ0v) is 14.0. The Balaban J connectivity index is 1.84. The molecule has 0 fully saturated rings. The summed E-state index contributed by atoms with van der Waals surface area (Å²) in [4.78, 5) is 11.4. The molecule has 4 aromatic rings. The molecule has 4 rings (SSSR count). The minimum absolute atomic E-state index is 0.00307. The maximum Gasteiger partial charge on any atom is 0.453 e. The fraction of sp³-hybridized carbons (Fsp3) is 0.176. The van der Waals surface area contributed by atoms with Crippen LogP contribution in [0.25, 0.3) is 16.6 Å². The average molecular weight is 376 g/mol. The van der Waals surface area contributed by atoms with Crippen LogP contribution in [0.3, 0.4) is 0 Å². The number of nitrogens with zero attached hydrogens (tertiary/aromatic N) is 4. The van der Waals surface area contributed by atoms with Crippen LogP contribution < -0.4 is 10.4 Å². The second kappa shape index (κ2) is 5.79. The van der Waals surface area contributed by atoms with Crippen LogP contribution >= 0.6 is 0 Å². The molecule has 1 aromatic carbocycles. The summed E-state index contributed by atoms with van der Waals surface area (Å²) in [5.74, 6) is -1.02. The number of fused-ring (bicyclic) bond motifs is 2. The summed E-state index contributed by atoms with van der Waals surface area (Å²) in [5.41, 5.74) is 0.728. The number of halogens is 3. The van der Waals surface area contributed by atoms with Crippen LogP contribution in [0.5, 0.6) is 11.6 Å². The first-order valence-corrected chi connectivity index (χ1v) is 7.75. The van der Waals surface area contributed by atoms with E-state index in [1.165, 1.54) is 12.1 Å². The molecule has 0 atom stereocenters. The third kappa shape index (κ3) is 2.88. The molecule has 3 aromatic heterocycles. The summed E-state index contributed by atoms with van der Waals surface area (Å²) >= 11 is 0. The van der Waals surface area contributed by atoms with Gasteiger partial charge in [-0.3, -0.25) is 0 Å². The molecule has 7 nitrogen and oxygen atoms in total. The molecule has 3 heterocycles. The molecule has 0 aliphatic heterocycles. The van der Waals surface area contributed by atoms with Gasteiger partial charge in [-0.1, -0.05) is 0 Å². The van der Waals surface area contributed by atoms with Gasteiger partial charge in [0.1, 0.15) is 11.3 Å². The molecular formula is C17H11F3N4O3. The zero-order valence-electron chi connectivity index (χ0n) is 14.0. The lowest BCUT2D eigenvalue weighted by atomic mass is 10.2. The monoisotopic (exact) mass is 376 g/mol. The number of rotatable bonds is 2. The standard InChI is InChI=1S/C17H11F3N4O3/c1-8-9(2)15(23-24-14(8)21-22-16(24)17(18,19)20)26-11-5-3-10-4-6-13(25)27-12(10)7-11/h3-7H,1-2H3. The van der Waals surface area contributed by atoms with Crippen molar-refractivity contribution in [2.24, 2.45) is 0 Å². The average Bonchev–Trinajstić information content (AvgIpc) is 3.03. The van der Waals surface area contributed by atoms with Crippen molar-refractivity contribution in [3.05, 3.63) is 57.7 Å². The Morgan fingerprint density at radius 2 is 1.81 bits per heavy atom. The molecule has 27 heavy (non-hydrogen) atoms. The van der Waals surface area contributed by atoms with E-state index < -0.39 is 17.6 Å². The highest BCUT2D eigenvalue weighted by Gasteiger charge is 2.38. The summed E-state index contributed by atoms with van der Waals surface area (Å²) < 4.78 is 50.7. The quantitative estimate of drug-likeness (QED) is 0.497. The first kappa shape index (κ1) is 17.0. The van der Waals surface area contributed by atoms with Gasteiger partial charge in [0.2, 0.25) is 5.88 Å². The third-order valence-corrected chi connectivity index (χ3v) is 4.11. The molecule has 0 bridgehead atoms. The molecular weight excluding hydrogens is 365 g/mol. The van der Waals surface area contributed by atoms with Gasteiger partial charge in [-0.05, 0) is 32.0 Å². The highest BCUT2D eigenvalue weighted by atomic mass is 19.4. The molecule has 0 spiro atoms. The minimum atomic E-state index is -4.71. The molecule has 0 saturated heterocycles. The number of alkyl halides is 3. The van der Waals surface area contributed by atoms with Gasteiger partial charge in [-0.2, -0.15) is 17.7 Å². The van der Waals surface area contributed by atoms with Crippen molar-refractivity contribution in [3.63, 3.8) is 0 Å². The van der Waals surface area contributed by atoms with Gasteiger partial charge in [-0.15, -0.1) is 15.3 Å². The van der Waals surface area contributed by atoms with Gasteiger partial charge in [0.25, 0.3) is 5.82 Å². The van der Waals surface area contributed by atoms with Gasteiger partial charge in [0.05, 0.1) is 0 Å². The van der Waals surface area contributed by atoms with E-state index in [2.05, 4.69) is 15.3 Å². The van der Waals surface area contributed by atoms with Gasteiger partial charge >= 0.3 is 11.8 Å². The fourth-order valence-electron chi connectivity index (χ4n) is 2.59. The predicted molar refractivity (Wildman–Crippen MR) is 87.8 cm³/mol. The summed E-state index contributed by atoms with van der Waals surface area (Å²) in [6.07, 6.45) is -4.71. The van der Waals surface area contributed by atoms with Crippen molar-refractivity contribution in [1.82, 2.24) is 19.8 Å². The van der Waals surface area contributed by atoms with Gasteiger partial charge in [0, 0.05) is 28.6 Å². The normalized spacial score (nSPS) is 12.0. The molecule has 0 saturated carbocycles. The Morgan fingerprint density at radius 3 is 2.56 bits per heavy atom. The molecule has 0 amide bonds. The van der Waals surface area contributed by atoms with E-state index in [1.54, 1.807) is 32.0 Å². The third-order valence-electron chi connectivity index (χ3n) is 4.11. The van der Waals surface area contributed by atoms with E-state index in [0.717, 1.165) is 0 Å². The van der Waals surface area contributed by atoms with E-state index in [0.29, 0.717) is 21.0 Å². The number of ether oxygens (including phenoxy) is 1. The highest BCUT2D eigenvalue weighted by Crippen LogP contribution is 2.32. The molecule has 0 unspecified atom stereocenters. The second-order valence-corrected chi connectivity index (χ2v) is 5.87. The Kier molecular flexibility index (Phi) is 3.65. The molecule has 10 heteroatoms. The fourth-order valence-corrected chi connectivity index (χ4v) is 2.59. The SMILES string of the molecule is Cc1c(Oc2ccc3ccc(=O)oc3c2)nn2c(C(F)(F)F)nnc2c1C. The topological polar surface area (TPSA) is 82.5 Å². The van der Waals surface area contributed by atoms with E-state index in [4.69, 9.17) is 9.15 Å². The Labute approximate surface area is 149 Å². The van der Waals surface area contributed by atoms with Gasteiger partial charge < -0.3 is 9.15 Å². The summed E-state index contributed by atoms with van der Waals surface area (Å²) in [7, 11) is 0. The number of aromatic nitrogens is 4. The Morgan fingerprint density at radius 1 is 1.07 bits per heavy atom. The van der Waals surface area contributed by atoms with Crippen LogP contribution in [-0.2, 0) is 6.18 Å². The highest BCUT2D eigenvalue weighted by molar-refractivity contribution is 5.77. The van der Waals surface area contributed by atoms with Crippen LogP contribution in [0, 0.1) is 13.8 Å². The number of aryl methyl sites for hydroxylation is 1. The van der Waals surface area contributed by atoms with Crippen molar-refractivity contribution >= 4 is 16.6 Å². The van der Waals surface area contributed by atoms with E-state index in [1.807, 2.05) is 0 Å². The Hall–Kier alpha value is -3.43. The first-order valence-electron chi connectivity index (χ1n) is 7.75. The summed E-state index contributed by atoms with van der Waals surface area (Å²) in [6.45, 7) is 3.26. The van der Waals surface area contributed by atoms with Crippen molar-refractivity contribution in [1.29, 1.82) is 0 Å². The number of benzene rings is 1. The molecule has 138 valence electrons. The number of hydrogen-bond acceptors (Lipinski definition) is 6. The maximum absolute atomic E-state index is 13.1. The number of hydrogen-bond donors (Lipinski definition) is 0. The maximum atomic E-state index is 13.1. The summed E-state index contributed by atoms with van der Waals surface area (Å²) in [5, 5.41) is 11.3. The second-order valence-electron chi connectivity index (χ2n) is 5.87. The largest absolute Gasteiger partial charge is 0.453 e.